The molecule has 29 heavy (non-hydrogen) atoms. The Hall–Kier alpha value is -1.89. The zero-order valence-corrected chi connectivity index (χ0v) is 17.9. The molecule has 2 aromatic rings. The van der Waals surface area contributed by atoms with Gasteiger partial charge < -0.3 is 9.64 Å². The van der Waals surface area contributed by atoms with Crippen LogP contribution in [0.3, 0.4) is 0 Å². The van der Waals surface area contributed by atoms with Gasteiger partial charge in [-0.2, -0.15) is 0 Å². The van der Waals surface area contributed by atoms with Crippen LogP contribution < -0.4 is 0 Å². The number of rotatable bonds is 4. The van der Waals surface area contributed by atoms with Crippen LogP contribution in [0.2, 0.25) is 5.15 Å². The number of imidazole rings is 1. The number of likely N-dealkylation sites (tertiary alicyclic amines) is 1. The summed E-state index contributed by atoms with van der Waals surface area (Å²) in [5.41, 5.74) is 1.51. The molecule has 0 saturated carbocycles. The fourth-order valence-electron chi connectivity index (χ4n) is 4.53. The van der Waals surface area contributed by atoms with Gasteiger partial charge in [0.05, 0.1) is 17.9 Å². The Labute approximate surface area is 177 Å². The standard InChI is InChI=1S/C22H29ClN4O2/c1-16-13-25(14-17(2)29-16)15-18-8-11-26(12-9-18)21(28)7-6-19-22(23)24-20-5-3-4-10-27(19)20/h3-7,10,16-18H,8-9,11-15H2,1-2H3/b7-6+. The molecule has 4 heterocycles. The number of carbonyl (C=O) groups is 1. The minimum absolute atomic E-state index is 0.0408. The van der Waals surface area contributed by atoms with Crippen LogP contribution in [0.4, 0.5) is 0 Å². The molecular weight excluding hydrogens is 388 g/mol. The summed E-state index contributed by atoms with van der Waals surface area (Å²) < 4.78 is 7.72. The van der Waals surface area contributed by atoms with Gasteiger partial charge in [-0.3, -0.25) is 14.1 Å². The van der Waals surface area contributed by atoms with E-state index in [-0.39, 0.29) is 5.91 Å². The van der Waals surface area contributed by atoms with E-state index in [0.29, 0.717) is 23.3 Å². The third-order valence-electron chi connectivity index (χ3n) is 5.84. The van der Waals surface area contributed by atoms with Crippen molar-refractivity contribution < 1.29 is 9.53 Å². The van der Waals surface area contributed by atoms with Crippen LogP contribution in [0.1, 0.15) is 32.4 Å². The monoisotopic (exact) mass is 416 g/mol. The van der Waals surface area contributed by atoms with Crippen molar-refractivity contribution in [3.63, 3.8) is 0 Å². The number of hydrogen-bond donors (Lipinski definition) is 0. The Morgan fingerprint density at radius 3 is 2.69 bits per heavy atom. The third kappa shape index (κ3) is 4.82. The van der Waals surface area contributed by atoms with Gasteiger partial charge in [0.2, 0.25) is 5.91 Å². The van der Waals surface area contributed by atoms with Gasteiger partial charge in [-0.25, -0.2) is 4.98 Å². The minimum atomic E-state index is 0.0408. The lowest BCUT2D eigenvalue weighted by atomic mass is 9.95. The molecule has 2 aliphatic rings. The molecule has 2 atom stereocenters. The maximum absolute atomic E-state index is 12.7. The second-order valence-corrected chi connectivity index (χ2v) is 8.65. The average molecular weight is 417 g/mol. The molecule has 6 nitrogen and oxygen atoms in total. The zero-order valence-electron chi connectivity index (χ0n) is 17.1. The molecule has 1 amide bonds. The maximum atomic E-state index is 12.7. The molecular formula is C22H29ClN4O2. The molecule has 0 radical (unpaired) electrons. The Bertz CT molecular complexity index is 878. The molecule has 2 aliphatic heterocycles. The number of aromatic nitrogens is 2. The highest BCUT2D eigenvalue weighted by atomic mass is 35.5. The highest BCUT2D eigenvalue weighted by Crippen LogP contribution is 2.22. The number of pyridine rings is 1. The molecule has 7 heteroatoms. The van der Waals surface area contributed by atoms with Crippen LogP contribution in [0.15, 0.2) is 30.5 Å². The van der Waals surface area contributed by atoms with E-state index in [0.717, 1.165) is 56.9 Å². The molecule has 2 fully saturated rings. The summed E-state index contributed by atoms with van der Waals surface area (Å²) in [7, 11) is 0. The summed E-state index contributed by atoms with van der Waals surface area (Å²) in [6.07, 6.45) is 8.00. The lowest BCUT2D eigenvalue weighted by Gasteiger charge is -2.39. The summed E-state index contributed by atoms with van der Waals surface area (Å²) in [4.78, 5) is 21.4. The number of piperidine rings is 1. The topological polar surface area (TPSA) is 50.1 Å². The molecule has 0 aromatic carbocycles. The lowest BCUT2D eigenvalue weighted by Crippen LogP contribution is -2.48. The van der Waals surface area contributed by atoms with Crippen molar-refractivity contribution in [1.29, 1.82) is 0 Å². The summed E-state index contributed by atoms with van der Waals surface area (Å²) in [5, 5.41) is 0.410. The number of morpholine rings is 1. The number of ether oxygens (including phenoxy) is 1. The zero-order chi connectivity index (χ0) is 20.4. The minimum Gasteiger partial charge on any atom is -0.373 e. The molecule has 2 saturated heterocycles. The first kappa shape index (κ1) is 20.4. The number of halogens is 1. The number of nitrogens with zero attached hydrogens (tertiary/aromatic N) is 4. The predicted molar refractivity (Wildman–Crippen MR) is 115 cm³/mol. The molecule has 156 valence electrons. The summed E-state index contributed by atoms with van der Waals surface area (Å²) in [6, 6.07) is 5.73. The van der Waals surface area contributed by atoms with E-state index in [1.807, 2.05) is 33.7 Å². The fourth-order valence-corrected chi connectivity index (χ4v) is 4.77. The van der Waals surface area contributed by atoms with Gasteiger partial charge in [0.25, 0.3) is 0 Å². The summed E-state index contributed by atoms with van der Waals surface area (Å²) in [6.45, 7) is 9.03. The second-order valence-electron chi connectivity index (χ2n) is 8.29. The first-order valence-electron chi connectivity index (χ1n) is 10.5. The van der Waals surface area contributed by atoms with Gasteiger partial charge in [0, 0.05) is 45.0 Å². The van der Waals surface area contributed by atoms with Crippen molar-refractivity contribution in [3.05, 3.63) is 41.3 Å². The van der Waals surface area contributed by atoms with Crippen LogP contribution >= 0.6 is 11.6 Å². The molecule has 0 spiro atoms. The van der Waals surface area contributed by atoms with Crippen molar-refractivity contribution in [2.75, 3.05) is 32.7 Å². The Kier molecular flexibility index (Phi) is 6.23. The van der Waals surface area contributed by atoms with Crippen LogP contribution in [-0.4, -0.2) is 70.0 Å². The first-order chi connectivity index (χ1) is 14.0. The van der Waals surface area contributed by atoms with Gasteiger partial charge in [-0.15, -0.1) is 0 Å². The highest BCUT2D eigenvalue weighted by Gasteiger charge is 2.27. The number of fused-ring (bicyclic) bond motifs is 1. The van der Waals surface area contributed by atoms with Gasteiger partial charge in [0.1, 0.15) is 5.65 Å². The summed E-state index contributed by atoms with van der Waals surface area (Å²) in [5.74, 6) is 0.688. The lowest BCUT2D eigenvalue weighted by molar-refractivity contribution is -0.127. The van der Waals surface area contributed by atoms with Crippen molar-refractivity contribution in [2.24, 2.45) is 5.92 Å². The Morgan fingerprint density at radius 2 is 1.97 bits per heavy atom. The quantitative estimate of drug-likeness (QED) is 0.717. The number of amides is 1. The second kappa shape index (κ2) is 8.86. The summed E-state index contributed by atoms with van der Waals surface area (Å²) >= 11 is 6.25. The van der Waals surface area contributed by atoms with E-state index in [9.17, 15) is 4.79 Å². The van der Waals surface area contributed by atoms with Crippen molar-refractivity contribution in [2.45, 2.75) is 38.9 Å². The molecule has 0 aliphatic carbocycles. The van der Waals surface area contributed by atoms with Gasteiger partial charge >= 0.3 is 0 Å². The Morgan fingerprint density at radius 1 is 1.24 bits per heavy atom. The largest absolute Gasteiger partial charge is 0.373 e. The average Bonchev–Trinajstić information content (AvgIpc) is 3.01. The van der Waals surface area contributed by atoms with E-state index in [4.69, 9.17) is 16.3 Å². The third-order valence-corrected chi connectivity index (χ3v) is 6.12. The van der Waals surface area contributed by atoms with Crippen LogP contribution in [-0.2, 0) is 9.53 Å². The molecule has 4 rings (SSSR count). The van der Waals surface area contributed by atoms with Crippen LogP contribution in [0, 0.1) is 5.92 Å². The first-order valence-corrected chi connectivity index (χ1v) is 10.8. The smallest absolute Gasteiger partial charge is 0.246 e. The van der Waals surface area contributed by atoms with E-state index < -0.39 is 0 Å². The van der Waals surface area contributed by atoms with Crippen molar-refractivity contribution in [1.82, 2.24) is 19.2 Å². The highest BCUT2D eigenvalue weighted by molar-refractivity contribution is 6.31. The maximum Gasteiger partial charge on any atom is 0.246 e. The van der Waals surface area contributed by atoms with E-state index in [1.54, 1.807) is 12.2 Å². The predicted octanol–water partition coefficient (Wildman–Crippen LogP) is 3.35. The van der Waals surface area contributed by atoms with Crippen molar-refractivity contribution in [3.8, 4) is 0 Å². The van der Waals surface area contributed by atoms with E-state index in [2.05, 4.69) is 23.7 Å². The van der Waals surface area contributed by atoms with Crippen LogP contribution in [0.5, 0.6) is 0 Å². The normalized spacial score (nSPS) is 24.6. The fraction of sp³-hybridized carbons (Fsp3) is 0.545. The molecule has 0 bridgehead atoms. The molecule has 2 unspecified atom stereocenters. The van der Waals surface area contributed by atoms with Gasteiger partial charge in [-0.1, -0.05) is 17.7 Å². The van der Waals surface area contributed by atoms with Crippen LogP contribution in [0.25, 0.3) is 11.7 Å². The number of hydrogen-bond acceptors (Lipinski definition) is 4. The SMILES string of the molecule is CC1CN(CC2CCN(C(=O)/C=C/c3c(Cl)nc4ccccn34)CC2)CC(C)O1. The number of carbonyl (C=O) groups excluding carboxylic acids is 1. The molecule has 2 aromatic heterocycles. The van der Waals surface area contributed by atoms with E-state index >= 15 is 0 Å². The van der Waals surface area contributed by atoms with Gasteiger partial charge in [0.15, 0.2) is 5.15 Å². The van der Waals surface area contributed by atoms with Gasteiger partial charge in [-0.05, 0) is 50.8 Å². The van der Waals surface area contributed by atoms with E-state index in [1.165, 1.54) is 0 Å². The van der Waals surface area contributed by atoms with Crippen molar-refractivity contribution >= 4 is 29.2 Å². The Balaban J connectivity index is 1.31. The molecule has 0 N–H and O–H groups in total.